The van der Waals surface area contributed by atoms with Crippen molar-refractivity contribution in [2.45, 2.75) is 18.6 Å². The third kappa shape index (κ3) is 4.39. The van der Waals surface area contributed by atoms with Crippen molar-refractivity contribution in [3.63, 3.8) is 0 Å². The summed E-state index contributed by atoms with van der Waals surface area (Å²) in [5.41, 5.74) is 0.825. The van der Waals surface area contributed by atoms with Gasteiger partial charge >= 0.3 is 5.97 Å². The molecule has 2 N–H and O–H groups in total. The van der Waals surface area contributed by atoms with Gasteiger partial charge in [0.15, 0.2) is 6.10 Å². The van der Waals surface area contributed by atoms with Crippen molar-refractivity contribution in [2.75, 3.05) is 7.11 Å². The molecule has 0 saturated carbocycles. The summed E-state index contributed by atoms with van der Waals surface area (Å²) in [5, 5.41) is 11.7. The molecule has 0 radical (unpaired) electrons. The first-order valence-electron chi connectivity index (χ1n) is 7.37. The number of hydrogen-bond acceptors (Lipinski definition) is 3. The molecule has 1 amide bonds. The number of rotatable bonds is 7. The Kier molecular flexibility index (Phi) is 6.03. The highest BCUT2D eigenvalue weighted by atomic mass is 19.1. The molecule has 0 spiro atoms. The van der Waals surface area contributed by atoms with Crippen LogP contribution >= 0.6 is 0 Å². The topological polar surface area (TPSA) is 75.6 Å². The predicted octanol–water partition coefficient (Wildman–Crippen LogP) is 2.33. The van der Waals surface area contributed by atoms with Crippen LogP contribution in [0.5, 0.6) is 0 Å². The van der Waals surface area contributed by atoms with Crippen LogP contribution in [0.15, 0.2) is 54.6 Å². The molecule has 24 heavy (non-hydrogen) atoms. The maximum atomic E-state index is 13.7. The Balaban J connectivity index is 2.13. The van der Waals surface area contributed by atoms with Crippen LogP contribution < -0.4 is 5.32 Å². The number of amides is 1. The molecule has 0 bridgehead atoms. The van der Waals surface area contributed by atoms with E-state index in [0.717, 1.165) is 0 Å². The van der Waals surface area contributed by atoms with E-state index in [1.165, 1.54) is 25.3 Å². The van der Waals surface area contributed by atoms with Crippen LogP contribution in [0.3, 0.4) is 0 Å². The van der Waals surface area contributed by atoms with Crippen LogP contribution in [-0.2, 0) is 20.7 Å². The molecule has 0 aliphatic heterocycles. The first-order valence-corrected chi connectivity index (χ1v) is 7.37. The molecule has 126 valence electrons. The van der Waals surface area contributed by atoms with Crippen LogP contribution in [0.25, 0.3) is 0 Å². The second-order valence-electron chi connectivity index (χ2n) is 5.22. The molecule has 6 heteroatoms. The standard InChI is InChI=1S/C18H18FNO4/c1-24-16(12-7-3-2-4-8-12)17(21)20-15(18(22)23)11-13-9-5-6-10-14(13)19/h2-10,15-16H,11H2,1H3,(H,20,21)(H,22,23)/t15-,16+/m0/s1. The molecular formula is C18H18FNO4. The number of aliphatic carboxylic acids is 1. The van der Waals surface area contributed by atoms with Crippen LogP contribution in [0.2, 0.25) is 0 Å². The third-order valence-corrected chi connectivity index (χ3v) is 3.57. The maximum Gasteiger partial charge on any atom is 0.326 e. The Morgan fingerprint density at radius 1 is 1.12 bits per heavy atom. The molecule has 2 aromatic rings. The number of carboxylic acid groups (broad SMARTS) is 1. The zero-order chi connectivity index (χ0) is 17.5. The minimum atomic E-state index is -1.25. The Morgan fingerprint density at radius 2 is 1.75 bits per heavy atom. The molecule has 5 nitrogen and oxygen atoms in total. The van der Waals surface area contributed by atoms with Gasteiger partial charge in [0.2, 0.25) is 0 Å². The van der Waals surface area contributed by atoms with E-state index in [2.05, 4.69) is 5.32 Å². The molecule has 0 unspecified atom stereocenters. The van der Waals surface area contributed by atoms with Gasteiger partial charge in [-0.25, -0.2) is 9.18 Å². The number of nitrogens with one attached hydrogen (secondary N) is 1. The molecule has 2 atom stereocenters. The van der Waals surface area contributed by atoms with Crippen molar-refractivity contribution >= 4 is 11.9 Å². The maximum absolute atomic E-state index is 13.7. The second-order valence-corrected chi connectivity index (χ2v) is 5.22. The van der Waals surface area contributed by atoms with Crippen molar-refractivity contribution in [1.82, 2.24) is 5.32 Å². The Bertz CT molecular complexity index is 705. The van der Waals surface area contributed by atoms with Gasteiger partial charge in [-0.3, -0.25) is 4.79 Å². The lowest BCUT2D eigenvalue weighted by Crippen LogP contribution is -2.44. The van der Waals surface area contributed by atoms with Crippen molar-refractivity contribution < 1.29 is 23.8 Å². The number of carbonyl (C=O) groups is 2. The largest absolute Gasteiger partial charge is 0.480 e. The summed E-state index contributed by atoms with van der Waals surface area (Å²) in [4.78, 5) is 23.8. The highest BCUT2D eigenvalue weighted by Crippen LogP contribution is 2.17. The van der Waals surface area contributed by atoms with Gasteiger partial charge < -0.3 is 15.2 Å². The van der Waals surface area contributed by atoms with E-state index in [4.69, 9.17) is 4.74 Å². The van der Waals surface area contributed by atoms with E-state index in [-0.39, 0.29) is 12.0 Å². The van der Waals surface area contributed by atoms with Crippen LogP contribution in [0.1, 0.15) is 17.2 Å². The van der Waals surface area contributed by atoms with Crippen LogP contribution in [-0.4, -0.2) is 30.1 Å². The van der Waals surface area contributed by atoms with Crippen molar-refractivity contribution in [1.29, 1.82) is 0 Å². The fourth-order valence-electron chi connectivity index (χ4n) is 2.35. The van der Waals surface area contributed by atoms with Gasteiger partial charge in [0.05, 0.1) is 0 Å². The molecule has 0 aliphatic rings. The number of ether oxygens (including phenoxy) is 1. The molecular weight excluding hydrogens is 313 g/mol. The van der Waals surface area contributed by atoms with Gasteiger partial charge in [0.25, 0.3) is 5.91 Å². The summed E-state index contributed by atoms with van der Waals surface area (Å²) >= 11 is 0. The number of halogens is 1. The highest BCUT2D eigenvalue weighted by Gasteiger charge is 2.27. The SMILES string of the molecule is CO[C@@H](C(=O)N[C@@H](Cc1ccccc1F)C(=O)O)c1ccccc1. The first-order chi connectivity index (χ1) is 11.5. The lowest BCUT2D eigenvalue weighted by atomic mass is 10.0. The van der Waals surface area contributed by atoms with Gasteiger partial charge in [-0.15, -0.1) is 0 Å². The average Bonchev–Trinajstić information content (AvgIpc) is 2.57. The molecule has 0 fully saturated rings. The fraction of sp³-hybridized carbons (Fsp3) is 0.222. The van der Waals surface area contributed by atoms with Crippen molar-refractivity contribution in [2.24, 2.45) is 0 Å². The summed E-state index contributed by atoms with van der Waals surface area (Å²) in [6, 6.07) is 13.3. The molecule has 2 rings (SSSR count). The van der Waals surface area contributed by atoms with E-state index in [9.17, 15) is 19.1 Å². The Hall–Kier alpha value is -2.73. The van der Waals surface area contributed by atoms with Gasteiger partial charge in [0.1, 0.15) is 11.9 Å². The van der Waals surface area contributed by atoms with Crippen LogP contribution in [0, 0.1) is 5.82 Å². The molecule has 0 aromatic heterocycles. The zero-order valence-electron chi connectivity index (χ0n) is 13.1. The Labute approximate surface area is 139 Å². The van der Waals surface area contributed by atoms with E-state index in [1.807, 2.05) is 0 Å². The number of benzene rings is 2. The number of carboxylic acids is 1. The quantitative estimate of drug-likeness (QED) is 0.816. The fourth-order valence-corrected chi connectivity index (χ4v) is 2.35. The summed E-state index contributed by atoms with van der Waals surface area (Å²) in [7, 11) is 1.36. The second kappa shape index (κ2) is 8.21. The lowest BCUT2D eigenvalue weighted by Gasteiger charge is -2.20. The highest BCUT2D eigenvalue weighted by molar-refractivity contribution is 5.87. The van der Waals surface area contributed by atoms with Crippen molar-refractivity contribution in [3.05, 3.63) is 71.5 Å². The van der Waals surface area contributed by atoms with Gasteiger partial charge in [-0.2, -0.15) is 0 Å². The van der Waals surface area contributed by atoms with Gasteiger partial charge in [0, 0.05) is 13.5 Å². The normalized spacial score (nSPS) is 13.1. The number of carbonyl (C=O) groups excluding carboxylic acids is 1. The smallest absolute Gasteiger partial charge is 0.326 e. The van der Waals surface area contributed by atoms with E-state index in [1.54, 1.807) is 36.4 Å². The summed E-state index contributed by atoms with van der Waals surface area (Å²) in [5.74, 6) is -2.34. The molecule has 0 saturated heterocycles. The third-order valence-electron chi connectivity index (χ3n) is 3.57. The summed E-state index contributed by atoms with van der Waals surface area (Å²) < 4.78 is 18.9. The predicted molar refractivity (Wildman–Crippen MR) is 85.9 cm³/mol. The van der Waals surface area contributed by atoms with E-state index in [0.29, 0.717) is 5.56 Å². The van der Waals surface area contributed by atoms with Crippen molar-refractivity contribution in [3.8, 4) is 0 Å². The van der Waals surface area contributed by atoms with Crippen LogP contribution in [0.4, 0.5) is 4.39 Å². The minimum absolute atomic E-state index is 0.154. The monoisotopic (exact) mass is 331 g/mol. The summed E-state index contributed by atoms with van der Waals surface area (Å²) in [6.07, 6.45) is -1.09. The van der Waals surface area contributed by atoms with Gasteiger partial charge in [-0.05, 0) is 17.2 Å². The lowest BCUT2D eigenvalue weighted by molar-refractivity contribution is -0.144. The Morgan fingerprint density at radius 3 is 2.33 bits per heavy atom. The van der Waals surface area contributed by atoms with Gasteiger partial charge in [-0.1, -0.05) is 48.5 Å². The molecule has 0 aliphatic carbocycles. The molecule has 0 heterocycles. The summed E-state index contributed by atoms with van der Waals surface area (Å²) in [6.45, 7) is 0. The van der Waals surface area contributed by atoms with E-state index >= 15 is 0 Å². The minimum Gasteiger partial charge on any atom is -0.480 e. The zero-order valence-corrected chi connectivity index (χ0v) is 13.1. The average molecular weight is 331 g/mol. The number of methoxy groups -OCH3 is 1. The number of hydrogen-bond donors (Lipinski definition) is 2. The first kappa shape index (κ1) is 17.6. The molecule has 2 aromatic carbocycles. The van der Waals surface area contributed by atoms with E-state index < -0.39 is 29.8 Å².